The van der Waals surface area contributed by atoms with Crippen molar-refractivity contribution in [2.45, 2.75) is 12.6 Å². The van der Waals surface area contributed by atoms with Crippen LogP contribution in [-0.2, 0) is 16.0 Å². The van der Waals surface area contributed by atoms with E-state index in [0.29, 0.717) is 38.6 Å². The highest BCUT2D eigenvalue weighted by atomic mass is 16.6. The lowest BCUT2D eigenvalue weighted by molar-refractivity contribution is -0.0963. The van der Waals surface area contributed by atoms with Crippen molar-refractivity contribution in [3.63, 3.8) is 0 Å². The van der Waals surface area contributed by atoms with Gasteiger partial charge in [0.05, 0.1) is 31.6 Å². The average molecular weight is 271 g/mol. The summed E-state index contributed by atoms with van der Waals surface area (Å²) >= 11 is 0. The molecule has 106 valence electrons. The maximum absolute atomic E-state index is 11.1. The summed E-state index contributed by atoms with van der Waals surface area (Å²) in [5.74, 6) is -1.15. The topological polar surface area (TPSA) is 108 Å². The summed E-state index contributed by atoms with van der Waals surface area (Å²) in [7, 11) is 1.83. The monoisotopic (exact) mass is 271 g/mol. The molecule has 0 aromatic carbocycles. The summed E-state index contributed by atoms with van der Waals surface area (Å²) in [6, 6.07) is 0. The van der Waals surface area contributed by atoms with Crippen LogP contribution in [0.1, 0.15) is 16.2 Å². The van der Waals surface area contributed by atoms with Crippen LogP contribution in [0.4, 0.5) is 0 Å². The molecule has 2 heterocycles. The van der Waals surface area contributed by atoms with Gasteiger partial charge in [0.1, 0.15) is 5.69 Å². The molecule has 19 heavy (non-hydrogen) atoms. The summed E-state index contributed by atoms with van der Waals surface area (Å²) in [4.78, 5) is 28.7. The number of hydrogen-bond acceptors (Lipinski definition) is 5. The molecule has 0 spiro atoms. The molecule has 0 unspecified atom stereocenters. The van der Waals surface area contributed by atoms with E-state index in [-0.39, 0.29) is 11.8 Å². The number of nitrogens with one attached hydrogen (secondary N) is 2. The van der Waals surface area contributed by atoms with E-state index in [0.717, 1.165) is 0 Å². The Morgan fingerprint density at radius 1 is 1.47 bits per heavy atom. The van der Waals surface area contributed by atoms with Crippen molar-refractivity contribution in [2.24, 2.45) is 0 Å². The molecule has 1 fully saturated rings. The fourth-order valence-corrected chi connectivity index (χ4v) is 2.04. The summed E-state index contributed by atoms with van der Waals surface area (Å²) < 4.78 is 10.8. The second-order valence-corrected chi connectivity index (χ2v) is 4.50. The normalized spacial score (nSPS) is 19.8. The molecule has 2 rings (SSSR count). The predicted molar refractivity (Wildman–Crippen MR) is 65.3 cm³/mol. The van der Waals surface area contributed by atoms with E-state index < -0.39 is 11.7 Å². The molecule has 3 N–H and O–H groups in total. The van der Waals surface area contributed by atoms with Gasteiger partial charge in [-0.15, -0.1) is 0 Å². The first-order valence-corrected chi connectivity index (χ1v) is 5.98. The number of nitrogens with zero attached hydrogens (tertiary/aromatic N) is 1. The van der Waals surface area contributed by atoms with Crippen molar-refractivity contribution in [1.82, 2.24) is 14.9 Å². The largest absolute Gasteiger partial charge is 0.477 e. The number of H-pyrrole nitrogens is 2. The minimum atomic E-state index is -1.15. The molecule has 1 saturated heterocycles. The Labute approximate surface area is 109 Å². The van der Waals surface area contributed by atoms with Crippen LogP contribution in [0, 0.1) is 0 Å². The zero-order chi connectivity index (χ0) is 13.8. The molecule has 1 aromatic heterocycles. The molecule has 1 aromatic rings. The minimum Gasteiger partial charge on any atom is -0.477 e. The minimum absolute atomic E-state index is 0.0299. The molecule has 0 bridgehead atoms. The van der Waals surface area contributed by atoms with Crippen molar-refractivity contribution < 1.29 is 19.4 Å². The maximum Gasteiger partial charge on any atom is 0.354 e. The summed E-state index contributed by atoms with van der Waals surface area (Å²) in [5, 5.41) is 8.96. The maximum atomic E-state index is 11.1. The van der Waals surface area contributed by atoms with Crippen LogP contribution < -0.4 is 5.69 Å². The molecule has 0 amide bonds. The highest BCUT2D eigenvalue weighted by molar-refractivity contribution is 5.86. The molecular weight excluding hydrogens is 254 g/mol. The quantitative estimate of drug-likeness (QED) is 0.650. The smallest absolute Gasteiger partial charge is 0.354 e. The number of imidazole rings is 1. The number of carbonyl (C=O) groups is 1. The van der Waals surface area contributed by atoms with E-state index in [4.69, 9.17) is 14.6 Å². The zero-order valence-corrected chi connectivity index (χ0v) is 10.6. The van der Waals surface area contributed by atoms with E-state index in [9.17, 15) is 9.59 Å². The second-order valence-electron chi connectivity index (χ2n) is 4.50. The lowest BCUT2D eigenvalue weighted by Gasteiger charge is -2.27. The lowest BCUT2D eigenvalue weighted by Crippen LogP contribution is -2.38. The predicted octanol–water partition coefficient (Wildman–Crippen LogP) is -0.752. The molecule has 1 aliphatic rings. The van der Waals surface area contributed by atoms with Crippen LogP contribution in [0.15, 0.2) is 4.79 Å². The van der Waals surface area contributed by atoms with Crippen molar-refractivity contribution in [1.29, 1.82) is 0 Å². The Hall–Kier alpha value is -1.64. The summed E-state index contributed by atoms with van der Waals surface area (Å²) in [6.07, 6.45) is -0.0299. The Balaban J connectivity index is 1.96. The molecular formula is C11H17N3O5. The molecule has 8 heteroatoms. The van der Waals surface area contributed by atoms with Gasteiger partial charge in [-0.1, -0.05) is 0 Å². The fraction of sp³-hybridized carbons (Fsp3) is 0.636. The van der Waals surface area contributed by atoms with Gasteiger partial charge in [-0.3, -0.25) is 9.88 Å². The number of aromatic carboxylic acids is 1. The lowest BCUT2D eigenvalue weighted by atomic mass is 10.2. The fourth-order valence-electron chi connectivity index (χ4n) is 2.04. The van der Waals surface area contributed by atoms with Crippen LogP contribution in [0.5, 0.6) is 0 Å². The van der Waals surface area contributed by atoms with E-state index >= 15 is 0 Å². The number of aromatic nitrogens is 2. The molecule has 1 aliphatic heterocycles. The third kappa shape index (κ3) is 3.66. The summed E-state index contributed by atoms with van der Waals surface area (Å²) in [6.45, 7) is 2.63. The zero-order valence-electron chi connectivity index (χ0n) is 10.6. The van der Waals surface area contributed by atoms with Gasteiger partial charge in [-0.2, -0.15) is 0 Å². The molecule has 0 radical (unpaired) electrons. The third-order valence-corrected chi connectivity index (χ3v) is 2.85. The number of rotatable bonds is 5. The van der Waals surface area contributed by atoms with Crippen LogP contribution >= 0.6 is 0 Å². The Morgan fingerprint density at radius 3 is 2.89 bits per heavy atom. The van der Waals surface area contributed by atoms with E-state index in [1.165, 1.54) is 0 Å². The SMILES string of the molecule is CN(Cc1[nH]c(=O)[nH]c1C(=O)O)C[C@H]1COCCO1. The highest BCUT2D eigenvalue weighted by Crippen LogP contribution is 2.07. The van der Waals surface area contributed by atoms with Gasteiger partial charge in [-0.05, 0) is 7.05 Å². The number of likely N-dealkylation sites (N-methyl/N-ethyl adjacent to an activating group) is 1. The first-order valence-electron chi connectivity index (χ1n) is 5.98. The van der Waals surface area contributed by atoms with Crippen molar-refractivity contribution in [2.75, 3.05) is 33.4 Å². The molecule has 1 atom stereocenters. The molecule has 0 aliphatic carbocycles. The van der Waals surface area contributed by atoms with Gasteiger partial charge in [0.2, 0.25) is 0 Å². The first kappa shape index (κ1) is 13.8. The van der Waals surface area contributed by atoms with E-state index in [2.05, 4.69) is 9.97 Å². The van der Waals surface area contributed by atoms with Gasteiger partial charge < -0.3 is 19.6 Å². The first-order chi connectivity index (χ1) is 9.06. The van der Waals surface area contributed by atoms with Gasteiger partial charge in [0, 0.05) is 13.1 Å². The Kier molecular flexibility index (Phi) is 4.35. The van der Waals surface area contributed by atoms with Crippen LogP contribution in [0.2, 0.25) is 0 Å². The van der Waals surface area contributed by atoms with Gasteiger partial charge in [0.25, 0.3) is 0 Å². The summed E-state index contributed by atoms with van der Waals surface area (Å²) in [5.41, 5.74) is -0.257. The van der Waals surface area contributed by atoms with Crippen molar-refractivity contribution in [3.05, 3.63) is 21.9 Å². The second kappa shape index (κ2) is 6.00. The van der Waals surface area contributed by atoms with Gasteiger partial charge in [0.15, 0.2) is 0 Å². The van der Waals surface area contributed by atoms with Crippen LogP contribution in [0.3, 0.4) is 0 Å². The number of carboxylic acids is 1. The number of hydrogen-bond donors (Lipinski definition) is 3. The molecule has 0 saturated carbocycles. The van der Waals surface area contributed by atoms with Crippen LogP contribution in [-0.4, -0.2) is 65.5 Å². The Bertz CT molecular complexity index is 489. The third-order valence-electron chi connectivity index (χ3n) is 2.85. The van der Waals surface area contributed by atoms with Crippen molar-refractivity contribution >= 4 is 5.97 Å². The number of carboxylic acid groups (broad SMARTS) is 1. The Morgan fingerprint density at radius 2 is 2.26 bits per heavy atom. The standard InChI is InChI=1S/C11H17N3O5/c1-14(4-7-6-18-2-3-19-7)5-8-9(10(15)16)13-11(17)12-8/h7H,2-6H2,1H3,(H,15,16)(H2,12,13,17)/t7-/m0/s1. The molecule has 8 nitrogen and oxygen atoms in total. The van der Waals surface area contributed by atoms with Gasteiger partial charge >= 0.3 is 11.7 Å². The van der Waals surface area contributed by atoms with E-state index in [1.807, 2.05) is 11.9 Å². The highest BCUT2D eigenvalue weighted by Gasteiger charge is 2.19. The van der Waals surface area contributed by atoms with Crippen molar-refractivity contribution in [3.8, 4) is 0 Å². The average Bonchev–Trinajstić information content (AvgIpc) is 2.71. The van der Waals surface area contributed by atoms with Gasteiger partial charge in [-0.25, -0.2) is 9.59 Å². The number of aromatic amines is 2. The van der Waals surface area contributed by atoms with E-state index in [1.54, 1.807) is 0 Å². The van der Waals surface area contributed by atoms with Crippen LogP contribution in [0.25, 0.3) is 0 Å². The number of ether oxygens (including phenoxy) is 2.